The topological polar surface area (TPSA) is 32.3 Å². The molecule has 2 N–H and O–H groups in total. The van der Waals surface area contributed by atoms with Gasteiger partial charge in [0.1, 0.15) is 5.75 Å². The molecule has 0 fully saturated rings. The first-order valence-corrected chi connectivity index (χ1v) is 6.28. The Kier molecular flexibility index (Phi) is 3.72. The van der Waals surface area contributed by atoms with Gasteiger partial charge in [-0.1, -0.05) is 11.6 Å². The van der Waals surface area contributed by atoms with E-state index in [2.05, 4.69) is 5.32 Å². The highest BCUT2D eigenvalue weighted by molar-refractivity contribution is 6.32. The van der Waals surface area contributed by atoms with Crippen molar-refractivity contribution in [2.24, 2.45) is 0 Å². The van der Waals surface area contributed by atoms with Crippen molar-refractivity contribution in [3.05, 3.63) is 27.8 Å². The van der Waals surface area contributed by atoms with Gasteiger partial charge in [-0.15, -0.1) is 0 Å². The highest BCUT2D eigenvalue weighted by Gasteiger charge is 2.18. The maximum absolute atomic E-state index is 10.0. The predicted octanol–water partition coefficient (Wildman–Crippen LogP) is 2.69. The van der Waals surface area contributed by atoms with Crippen LogP contribution in [0.4, 0.5) is 0 Å². The minimum Gasteiger partial charge on any atom is -0.506 e. The molecule has 88 valence electrons. The fourth-order valence-electron chi connectivity index (χ4n) is 2.46. The summed E-state index contributed by atoms with van der Waals surface area (Å²) in [6.45, 7) is 0.875. The van der Waals surface area contributed by atoms with Crippen molar-refractivity contribution in [3.8, 4) is 5.75 Å². The van der Waals surface area contributed by atoms with E-state index in [0.29, 0.717) is 5.02 Å². The summed E-state index contributed by atoms with van der Waals surface area (Å²) in [5.41, 5.74) is 3.72. The summed E-state index contributed by atoms with van der Waals surface area (Å²) in [5, 5.41) is 13.6. The van der Waals surface area contributed by atoms with Crippen molar-refractivity contribution in [1.29, 1.82) is 0 Å². The summed E-state index contributed by atoms with van der Waals surface area (Å²) < 4.78 is 0. The third-order valence-electron chi connectivity index (χ3n) is 3.31. The van der Waals surface area contributed by atoms with E-state index in [1.165, 1.54) is 24.0 Å². The standard InChI is InChI=1S/C13H18ClNO/c1-15-7-6-11-10-5-3-2-4-9(10)8-12(14)13(11)16/h8,15-16H,2-7H2,1H3. The molecule has 2 rings (SSSR count). The molecule has 0 saturated carbocycles. The molecule has 0 aromatic heterocycles. The fourth-order valence-corrected chi connectivity index (χ4v) is 2.71. The van der Waals surface area contributed by atoms with Gasteiger partial charge in [0.25, 0.3) is 0 Å². The molecular weight excluding hydrogens is 222 g/mol. The van der Waals surface area contributed by atoms with E-state index in [1.807, 2.05) is 13.1 Å². The molecule has 0 atom stereocenters. The SMILES string of the molecule is CNCCc1c(O)c(Cl)cc2c1CCCC2. The van der Waals surface area contributed by atoms with Gasteiger partial charge in [-0.2, -0.15) is 0 Å². The minimum absolute atomic E-state index is 0.289. The smallest absolute Gasteiger partial charge is 0.137 e. The summed E-state index contributed by atoms with van der Waals surface area (Å²) in [6.07, 6.45) is 5.49. The summed E-state index contributed by atoms with van der Waals surface area (Å²) in [5.74, 6) is 0.289. The maximum atomic E-state index is 10.0. The van der Waals surface area contributed by atoms with Gasteiger partial charge in [0, 0.05) is 5.56 Å². The summed E-state index contributed by atoms with van der Waals surface area (Å²) in [4.78, 5) is 0. The Bertz CT molecular complexity index is 390. The van der Waals surface area contributed by atoms with Crippen molar-refractivity contribution in [3.63, 3.8) is 0 Å². The Balaban J connectivity index is 2.41. The van der Waals surface area contributed by atoms with Crippen LogP contribution in [0.3, 0.4) is 0 Å². The summed E-state index contributed by atoms with van der Waals surface area (Å²) in [6, 6.07) is 1.94. The zero-order chi connectivity index (χ0) is 11.5. The number of nitrogens with one attached hydrogen (secondary N) is 1. The monoisotopic (exact) mass is 239 g/mol. The zero-order valence-electron chi connectivity index (χ0n) is 9.65. The molecule has 0 heterocycles. The first-order valence-electron chi connectivity index (χ1n) is 5.90. The molecule has 0 radical (unpaired) electrons. The summed E-state index contributed by atoms with van der Waals surface area (Å²) >= 11 is 6.06. The molecule has 2 nitrogen and oxygen atoms in total. The van der Waals surface area contributed by atoms with Gasteiger partial charge in [0.2, 0.25) is 0 Å². The lowest BCUT2D eigenvalue weighted by Gasteiger charge is -2.21. The Morgan fingerprint density at radius 1 is 1.38 bits per heavy atom. The molecule has 0 amide bonds. The van der Waals surface area contributed by atoms with E-state index < -0.39 is 0 Å². The Labute approximate surface area is 102 Å². The lowest BCUT2D eigenvalue weighted by Crippen LogP contribution is -2.14. The normalized spacial score (nSPS) is 14.9. The predicted molar refractivity (Wildman–Crippen MR) is 67.4 cm³/mol. The highest BCUT2D eigenvalue weighted by atomic mass is 35.5. The number of phenolic OH excluding ortho intramolecular Hbond substituents is 1. The summed E-state index contributed by atoms with van der Waals surface area (Å²) in [7, 11) is 1.92. The van der Waals surface area contributed by atoms with Crippen LogP contribution in [0.5, 0.6) is 5.75 Å². The van der Waals surface area contributed by atoms with Gasteiger partial charge in [-0.05, 0) is 62.9 Å². The first-order chi connectivity index (χ1) is 7.74. The Morgan fingerprint density at radius 3 is 2.88 bits per heavy atom. The van der Waals surface area contributed by atoms with E-state index in [4.69, 9.17) is 11.6 Å². The number of likely N-dealkylation sites (N-methyl/N-ethyl adjacent to an activating group) is 1. The van der Waals surface area contributed by atoms with E-state index in [9.17, 15) is 5.11 Å². The van der Waals surface area contributed by atoms with E-state index in [0.717, 1.165) is 31.4 Å². The van der Waals surface area contributed by atoms with Gasteiger partial charge < -0.3 is 10.4 Å². The second-order valence-electron chi connectivity index (χ2n) is 4.38. The Hall–Kier alpha value is -0.730. The van der Waals surface area contributed by atoms with Gasteiger partial charge >= 0.3 is 0 Å². The van der Waals surface area contributed by atoms with Gasteiger partial charge in [-0.3, -0.25) is 0 Å². The van der Waals surface area contributed by atoms with Crippen LogP contribution >= 0.6 is 11.6 Å². The number of aromatic hydroxyl groups is 1. The van der Waals surface area contributed by atoms with E-state index >= 15 is 0 Å². The number of phenols is 1. The molecule has 1 aliphatic rings. The molecular formula is C13H18ClNO. The minimum atomic E-state index is 0.289. The second-order valence-corrected chi connectivity index (χ2v) is 4.79. The van der Waals surface area contributed by atoms with Crippen molar-refractivity contribution < 1.29 is 5.11 Å². The van der Waals surface area contributed by atoms with Crippen LogP contribution in [0.15, 0.2) is 6.07 Å². The fraction of sp³-hybridized carbons (Fsp3) is 0.538. The van der Waals surface area contributed by atoms with Crippen LogP contribution in [0.2, 0.25) is 5.02 Å². The van der Waals surface area contributed by atoms with Gasteiger partial charge in [-0.25, -0.2) is 0 Å². The third kappa shape index (κ3) is 2.18. The van der Waals surface area contributed by atoms with Crippen molar-refractivity contribution in [2.45, 2.75) is 32.1 Å². The van der Waals surface area contributed by atoms with Crippen LogP contribution in [0.25, 0.3) is 0 Å². The molecule has 3 heteroatoms. The molecule has 0 unspecified atom stereocenters. The highest BCUT2D eigenvalue weighted by Crippen LogP contribution is 2.36. The lowest BCUT2D eigenvalue weighted by atomic mass is 9.86. The van der Waals surface area contributed by atoms with E-state index in [1.54, 1.807) is 0 Å². The molecule has 0 aliphatic heterocycles. The molecule has 0 saturated heterocycles. The zero-order valence-corrected chi connectivity index (χ0v) is 10.4. The lowest BCUT2D eigenvalue weighted by molar-refractivity contribution is 0.464. The van der Waals surface area contributed by atoms with Crippen molar-refractivity contribution in [1.82, 2.24) is 5.32 Å². The van der Waals surface area contributed by atoms with Crippen LogP contribution in [0.1, 0.15) is 29.5 Å². The largest absolute Gasteiger partial charge is 0.506 e. The number of benzene rings is 1. The van der Waals surface area contributed by atoms with Crippen molar-refractivity contribution >= 4 is 11.6 Å². The number of rotatable bonds is 3. The number of hydrogen-bond donors (Lipinski definition) is 2. The Morgan fingerprint density at radius 2 is 2.12 bits per heavy atom. The molecule has 1 aromatic rings. The maximum Gasteiger partial charge on any atom is 0.137 e. The number of fused-ring (bicyclic) bond motifs is 1. The molecule has 0 bridgehead atoms. The number of halogens is 1. The van der Waals surface area contributed by atoms with Crippen LogP contribution in [0, 0.1) is 0 Å². The van der Waals surface area contributed by atoms with E-state index in [-0.39, 0.29) is 5.75 Å². The van der Waals surface area contributed by atoms with Gasteiger partial charge in [0.05, 0.1) is 5.02 Å². The quantitative estimate of drug-likeness (QED) is 0.850. The van der Waals surface area contributed by atoms with Crippen LogP contribution in [-0.4, -0.2) is 18.7 Å². The van der Waals surface area contributed by atoms with Crippen molar-refractivity contribution in [2.75, 3.05) is 13.6 Å². The molecule has 16 heavy (non-hydrogen) atoms. The number of aryl methyl sites for hydroxylation is 1. The molecule has 1 aromatic carbocycles. The van der Waals surface area contributed by atoms with Crippen LogP contribution in [-0.2, 0) is 19.3 Å². The first kappa shape index (κ1) is 11.7. The second kappa shape index (κ2) is 5.07. The molecule has 1 aliphatic carbocycles. The number of hydrogen-bond acceptors (Lipinski definition) is 2. The average molecular weight is 240 g/mol. The van der Waals surface area contributed by atoms with Crippen LogP contribution < -0.4 is 5.32 Å². The molecule has 0 spiro atoms. The van der Waals surface area contributed by atoms with Gasteiger partial charge in [0.15, 0.2) is 0 Å². The average Bonchev–Trinajstić information content (AvgIpc) is 2.30. The third-order valence-corrected chi connectivity index (χ3v) is 3.60.